The van der Waals surface area contributed by atoms with Crippen molar-refractivity contribution in [1.82, 2.24) is 10.1 Å². The molecule has 0 spiro atoms. The summed E-state index contributed by atoms with van der Waals surface area (Å²) in [5.74, 6) is 1.45. The van der Waals surface area contributed by atoms with Crippen molar-refractivity contribution in [2.24, 2.45) is 11.1 Å². The number of hydrogen-bond acceptors (Lipinski definition) is 4. The van der Waals surface area contributed by atoms with E-state index in [0.29, 0.717) is 18.9 Å². The second kappa shape index (κ2) is 7.18. The fourth-order valence-corrected chi connectivity index (χ4v) is 2.70. The Hall–Kier alpha value is -1.20. The first-order chi connectivity index (χ1) is 9.98. The van der Waals surface area contributed by atoms with Crippen LogP contribution in [0, 0.1) is 5.41 Å². The van der Waals surface area contributed by atoms with Gasteiger partial charge in [-0.15, -0.1) is 0 Å². The van der Waals surface area contributed by atoms with Crippen molar-refractivity contribution in [1.29, 1.82) is 0 Å². The zero-order chi connectivity index (χ0) is 15.3. The van der Waals surface area contributed by atoms with Gasteiger partial charge in [0.15, 0.2) is 5.82 Å². The Bertz CT molecular complexity index is 580. The molecule has 1 aromatic heterocycles. The van der Waals surface area contributed by atoms with Crippen LogP contribution in [0.5, 0.6) is 0 Å². The summed E-state index contributed by atoms with van der Waals surface area (Å²) in [6, 6.07) is 8.14. The van der Waals surface area contributed by atoms with Gasteiger partial charge >= 0.3 is 0 Å². The largest absolute Gasteiger partial charge is 0.339 e. The molecule has 0 amide bonds. The van der Waals surface area contributed by atoms with E-state index in [2.05, 4.69) is 52.1 Å². The topological polar surface area (TPSA) is 64.9 Å². The Kier molecular flexibility index (Phi) is 5.53. The van der Waals surface area contributed by atoms with Crippen molar-refractivity contribution < 1.29 is 4.52 Å². The summed E-state index contributed by atoms with van der Waals surface area (Å²) in [4.78, 5) is 4.47. The highest BCUT2D eigenvalue weighted by Gasteiger charge is 2.18. The molecule has 2 rings (SSSR count). The summed E-state index contributed by atoms with van der Waals surface area (Å²) < 4.78 is 6.40. The van der Waals surface area contributed by atoms with Crippen LogP contribution in [0.1, 0.15) is 44.0 Å². The van der Waals surface area contributed by atoms with Crippen molar-refractivity contribution >= 4 is 15.9 Å². The van der Waals surface area contributed by atoms with Crippen LogP contribution >= 0.6 is 15.9 Å². The van der Waals surface area contributed by atoms with E-state index in [1.807, 2.05) is 12.1 Å². The summed E-state index contributed by atoms with van der Waals surface area (Å²) >= 11 is 3.47. The average Bonchev–Trinajstić information content (AvgIpc) is 2.84. The minimum absolute atomic E-state index is 0.216. The van der Waals surface area contributed by atoms with Crippen molar-refractivity contribution in [3.63, 3.8) is 0 Å². The second-order valence-electron chi connectivity index (χ2n) is 6.11. The predicted octanol–water partition coefficient (Wildman–Crippen LogP) is 3.73. The van der Waals surface area contributed by atoms with Crippen LogP contribution in [0.4, 0.5) is 0 Å². The van der Waals surface area contributed by atoms with E-state index in [9.17, 15) is 0 Å². The molecule has 4 nitrogen and oxygen atoms in total. The van der Waals surface area contributed by atoms with E-state index in [0.717, 1.165) is 29.6 Å². The summed E-state index contributed by atoms with van der Waals surface area (Å²) in [6.07, 6.45) is 3.50. The van der Waals surface area contributed by atoms with E-state index in [4.69, 9.17) is 10.3 Å². The third-order valence-electron chi connectivity index (χ3n) is 3.60. The molecule has 0 saturated carbocycles. The third-order valence-corrected chi connectivity index (χ3v) is 4.09. The van der Waals surface area contributed by atoms with Gasteiger partial charge in [0.05, 0.1) is 0 Å². The van der Waals surface area contributed by atoms with Gasteiger partial charge in [-0.25, -0.2) is 0 Å². The first-order valence-electron chi connectivity index (χ1n) is 7.24. The molecule has 1 aromatic carbocycles. The molecule has 0 radical (unpaired) electrons. The molecule has 0 aliphatic rings. The number of nitrogens with zero attached hydrogens (tertiary/aromatic N) is 2. The lowest BCUT2D eigenvalue weighted by Gasteiger charge is -2.22. The van der Waals surface area contributed by atoms with Crippen LogP contribution in [0.3, 0.4) is 0 Å². The SMILES string of the molecule is CC(C)(CCN)CCc1nc(Cc2cccc(Br)c2)no1. The van der Waals surface area contributed by atoms with E-state index in [-0.39, 0.29) is 5.41 Å². The van der Waals surface area contributed by atoms with Gasteiger partial charge < -0.3 is 10.3 Å². The highest BCUT2D eigenvalue weighted by atomic mass is 79.9. The standard InChI is InChI=1S/C16H22BrN3O/c1-16(2,8-9-18)7-6-15-19-14(20-21-15)11-12-4-3-5-13(17)10-12/h3-5,10H,6-9,11,18H2,1-2H3. The van der Waals surface area contributed by atoms with E-state index in [1.54, 1.807) is 0 Å². The highest BCUT2D eigenvalue weighted by Crippen LogP contribution is 2.26. The Balaban J connectivity index is 1.92. The lowest BCUT2D eigenvalue weighted by Crippen LogP contribution is -2.17. The summed E-state index contributed by atoms with van der Waals surface area (Å²) in [6.45, 7) is 5.15. The molecule has 0 saturated heterocycles. The first-order valence-corrected chi connectivity index (χ1v) is 8.04. The average molecular weight is 352 g/mol. The maximum absolute atomic E-state index is 5.63. The lowest BCUT2D eigenvalue weighted by atomic mass is 9.84. The Labute approximate surface area is 134 Å². The molecule has 1 heterocycles. The number of rotatable bonds is 7. The maximum Gasteiger partial charge on any atom is 0.226 e. The van der Waals surface area contributed by atoms with Gasteiger partial charge in [-0.1, -0.05) is 47.1 Å². The molecule has 0 aliphatic carbocycles. The molecule has 114 valence electrons. The zero-order valence-electron chi connectivity index (χ0n) is 12.6. The summed E-state index contributed by atoms with van der Waals surface area (Å²) in [7, 11) is 0. The molecule has 0 atom stereocenters. The molecule has 0 unspecified atom stereocenters. The quantitative estimate of drug-likeness (QED) is 0.825. The van der Waals surface area contributed by atoms with Crippen LogP contribution in [-0.2, 0) is 12.8 Å². The summed E-state index contributed by atoms with van der Waals surface area (Å²) in [5.41, 5.74) is 7.01. The van der Waals surface area contributed by atoms with Crippen LogP contribution in [0.25, 0.3) is 0 Å². The molecular weight excluding hydrogens is 330 g/mol. The van der Waals surface area contributed by atoms with Gasteiger partial charge in [-0.3, -0.25) is 0 Å². The monoisotopic (exact) mass is 351 g/mol. The number of halogens is 1. The maximum atomic E-state index is 5.63. The van der Waals surface area contributed by atoms with Crippen molar-refractivity contribution in [2.45, 2.75) is 39.5 Å². The zero-order valence-corrected chi connectivity index (χ0v) is 14.2. The van der Waals surface area contributed by atoms with Crippen LogP contribution < -0.4 is 5.73 Å². The van der Waals surface area contributed by atoms with Crippen LogP contribution in [0.2, 0.25) is 0 Å². The van der Waals surface area contributed by atoms with E-state index >= 15 is 0 Å². The first kappa shape index (κ1) is 16.2. The number of benzene rings is 1. The molecule has 5 heteroatoms. The van der Waals surface area contributed by atoms with Crippen molar-refractivity contribution in [2.75, 3.05) is 6.54 Å². The number of nitrogens with two attached hydrogens (primary N) is 1. The molecule has 21 heavy (non-hydrogen) atoms. The Morgan fingerprint density at radius 1 is 1.29 bits per heavy atom. The van der Waals surface area contributed by atoms with Gasteiger partial charge in [0.2, 0.25) is 5.89 Å². The van der Waals surface area contributed by atoms with Gasteiger partial charge in [-0.05, 0) is 42.5 Å². The Morgan fingerprint density at radius 3 is 2.81 bits per heavy atom. The lowest BCUT2D eigenvalue weighted by molar-refractivity contribution is 0.289. The fourth-order valence-electron chi connectivity index (χ4n) is 2.25. The third kappa shape index (κ3) is 5.25. The van der Waals surface area contributed by atoms with E-state index in [1.165, 1.54) is 5.56 Å². The smallest absolute Gasteiger partial charge is 0.226 e. The van der Waals surface area contributed by atoms with Crippen molar-refractivity contribution in [3.8, 4) is 0 Å². The Morgan fingerprint density at radius 2 is 2.10 bits per heavy atom. The molecule has 0 fully saturated rings. The van der Waals surface area contributed by atoms with Crippen molar-refractivity contribution in [3.05, 3.63) is 46.0 Å². The number of aryl methyl sites for hydroxylation is 1. The second-order valence-corrected chi connectivity index (χ2v) is 7.03. The van der Waals surface area contributed by atoms with Gasteiger partial charge in [0.1, 0.15) is 0 Å². The normalized spacial score (nSPS) is 11.8. The molecule has 2 N–H and O–H groups in total. The minimum Gasteiger partial charge on any atom is -0.339 e. The van der Waals surface area contributed by atoms with E-state index < -0.39 is 0 Å². The van der Waals surface area contributed by atoms with Gasteiger partial charge in [0, 0.05) is 17.3 Å². The van der Waals surface area contributed by atoms with Crippen LogP contribution in [-0.4, -0.2) is 16.7 Å². The minimum atomic E-state index is 0.216. The van der Waals surface area contributed by atoms with Crippen LogP contribution in [0.15, 0.2) is 33.3 Å². The predicted molar refractivity (Wildman–Crippen MR) is 87.0 cm³/mol. The van der Waals surface area contributed by atoms with Gasteiger partial charge in [0.25, 0.3) is 0 Å². The number of hydrogen-bond donors (Lipinski definition) is 1. The molecule has 2 aromatic rings. The molecule has 0 bridgehead atoms. The fraction of sp³-hybridized carbons (Fsp3) is 0.500. The number of aromatic nitrogens is 2. The highest BCUT2D eigenvalue weighted by molar-refractivity contribution is 9.10. The summed E-state index contributed by atoms with van der Waals surface area (Å²) in [5, 5.41) is 4.06. The molecule has 0 aliphatic heterocycles. The molecular formula is C16H22BrN3O. The van der Waals surface area contributed by atoms with Gasteiger partial charge in [-0.2, -0.15) is 4.98 Å².